The van der Waals surface area contributed by atoms with Crippen LogP contribution in [0.3, 0.4) is 0 Å². The van der Waals surface area contributed by atoms with Crippen molar-refractivity contribution in [3.05, 3.63) is 9.71 Å². The number of unbranched alkanes of at least 4 members (excludes halogenated alkanes) is 2. The minimum atomic E-state index is 1.06. The van der Waals surface area contributed by atoms with Crippen LogP contribution in [0, 0.1) is 0 Å². The van der Waals surface area contributed by atoms with Crippen molar-refractivity contribution in [1.82, 2.24) is 0 Å². The van der Waals surface area contributed by atoms with E-state index in [9.17, 15) is 0 Å². The summed E-state index contributed by atoms with van der Waals surface area (Å²) in [5, 5.41) is 0. The van der Waals surface area contributed by atoms with Gasteiger partial charge < -0.3 is 0 Å². The summed E-state index contributed by atoms with van der Waals surface area (Å²) < 4.78 is 2.27. The van der Waals surface area contributed by atoms with Gasteiger partial charge in [0.25, 0.3) is 0 Å². The van der Waals surface area contributed by atoms with Crippen molar-refractivity contribution in [3.8, 4) is 0 Å². The molecule has 0 N–H and O–H groups in total. The zero-order chi connectivity index (χ0) is 5.54. The van der Waals surface area contributed by atoms with Gasteiger partial charge >= 0.3 is 61.7 Å². The van der Waals surface area contributed by atoms with Gasteiger partial charge in [-0.05, 0) is 0 Å². The summed E-state index contributed by atoms with van der Waals surface area (Å²) in [6.45, 7) is 2.23. The number of hydrogen-bond acceptors (Lipinski definition) is 0. The van der Waals surface area contributed by atoms with Gasteiger partial charge in [-0.25, -0.2) is 0 Å². The molecule has 0 aromatic heterocycles. The van der Waals surface area contributed by atoms with E-state index in [1.54, 1.807) is 0 Å². The summed E-state index contributed by atoms with van der Waals surface area (Å²) in [5.74, 6) is 0. The van der Waals surface area contributed by atoms with E-state index in [0.29, 0.717) is 0 Å². The molecule has 0 aromatic carbocycles. The van der Waals surface area contributed by atoms with Crippen LogP contribution in [-0.2, 0) is 0 Å². The molecule has 0 aromatic rings. The first-order chi connectivity index (χ1) is 3.41. The van der Waals surface area contributed by atoms with Crippen LogP contribution < -0.4 is 0 Å². The second kappa shape index (κ2) is 6.66. The Labute approximate surface area is 61.7 Å². The molecule has 0 fully saturated rings. The fourth-order valence-electron chi connectivity index (χ4n) is 0.418. The van der Waals surface area contributed by atoms with Crippen molar-refractivity contribution in [2.75, 3.05) is 0 Å². The molecule has 0 heterocycles. The summed E-state index contributed by atoms with van der Waals surface area (Å²) in [7, 11) is 0. The maximum atomic E-state index is 2.29. The molecule has 0 aliphatic carbocycles. The van der Waals surface area contributed by atoms with Crippen molar-refractivity contribution in [3.63, 3.8) is 0 Å². The van der Waals surface area contributed by atoms with Gasteiger partial charge in [0.15, 0.2) is 0 Å². The Bertz CT molecular complexity index is 48.1. The van der Waals surface area contributed by atoms with Crippen molar-refractivity contribution < 1.29 is 0 Å². The Kier molecular flexibility index (Phi) is 7.29. The SMILES string of the molecule is CCCCC=[CH][PbH]. The molecule has 0 atom stereocenters. The molecule has 0 amide bonds. The first kappa shape index (κ1) is 7.66. The van der Waals surface area contributed by atoms with Gasteiger partial charge in [-0.15, -0.1) is 0 Å². The Morgan fingerprint density at radius 2 is 2.29 bits per heavy atom. The van der Waals surface area contributed by atoms with Gasteiger partial charge in [0, 0.05) is 0 Å². The molecule has 1 heteroatoms. The third-order valence-corrected chi connectivity index (χ3v) is 1.92. The van der Waals surface area contributed by atoms with Crippen LogP contribution in [0.15, 0.2) is 9.71 Å². The molecule has 0 aliphatic heterocycles. The Balaban J connectivity index is 2.69. The molecular formula is C6H12Pb. The second-order valence-electron chi connectivity index (χ2n) is 1.57. The Morgan fingerprint density at radius 3 is 2.71 bits per heavy atom. The fraction of sp³-hybridized carbons (Fsp3) is 0.667. The van der Waals surface area contributed by atoms with E-state index in [1.165, 1.54) is 19.3 Å². The molecule has 0 saturated carbocycles. The Hall–Kier alpha value is 0.662. The predicted octanol–water partition coefficient (Wildman–Crippen LogP) is 1.59. The molecule has 40 valence electrons. The van der Waals surface area contributed by atoms with E-state index in [4.69, 9.17) is 0 Å². The number of rotatable bonds is 3. The molecule has 0 rings (SSSR count). The molecule has 0 aliphatic rings. The van der Waals surface area contributed by atoms with Crippen molar-refractivity contribution >= 4 is 25.8 Å². The van der Waals surface area contributed by atoms with Crippen molar-refractivity contribution in [1.29, 1.82) is 0 Å². The molecule has 0 saturated heterocycles. The van der Waals surface area contributed by atoms with E-state index >= 15 is 0 Å². The summed E-state index contributed by atoms with van der Waals surface area (Å²) in [4.78, 5) is 0. The standard InChI is InChI=1S/C6H11.Pb.H/c1-3-5-6-4-2;;/h1,3H,4-6H2,2H3;;. The quantitative estimate of drug-likeness (QED) is 0.547. The molecule has 0 spiro atoms. The van der Waals surface area contributed by atoms with Crippen LogP contribution in [0.25, 0.3) is 0 Å². The number of hydrogen-bond donors (Lipinski definition) is 0. The van der Waals surface area contributed by atoms with Gasteiger partial charge in [0.2, 0.25) is 0 Å². The summed E-state index contributed by atoms with van der Waals surface area (Å²) in [6, 6.07) is 0. The summed E-state index contributed by atoms with van der Waals surface area (Å²) >= 11 is 1.06. The average molecular weight is 291 g/mol. The average Bonchev–Trinajstić information content (AvgIpc) is 1.69. The Morgan fingerprint density at radius 1 is 1.57 bits per heavy atom. The van der Waals surface area contributed by atoms with Crippen molar-refractivity contribution in [2.24, 2.45) is 0 Å². The van der Waals surface area contributed by atoms with E-state index in [2.05, 4.69) is 16.6 Å². The molecular weight excluding hydrogens is 279 g/mol. The second-order valence-corrected chi connectivity index (χ2v) is 3.07. The molecule has 0 nitrogen and oxygen atoms in total. The van der Waals surface area contributed by atoms with E-state index < -0.39 is 0 Å². The minimum absolute atomic E-state index is 1.06. The predicted molar refractivity (Wildman–Crippen MR) is 35.8 cm³/mol. The third kappa shape index (κ3) is 6.66. The van der Waals surface area contributed by atoms with E-state index in [1.807, 2.05) is 0 Å². The van der Waals surface area contributed by atoms with Crippen molar-refractivity contribution in [2.45, 2.75) is 26.2 Å². The van der Waals surface area contributed by atoms with Crippen LogP contribution >= 0.6 is 0 Å². The zero-order valence-electron chi connectivity index (χ0n) is 4.85. The molecule has 0 bridgehead atoms. The van der Waals surface area contributed by atoms with E-state index in [-0.39, 0.29) is 0 Å². The topological polar surface area (TPSA) is 0 Å². The molecule has 0 unspecified atom stereocenters. The first-order valence-electron chi connectivity index (χ1n) is 2.78. The fourth-order valence-corrected chi connectivity index (χ4v) is 1.17. The van der Waals surface area contributed by atoms with Crippen LogP contribution in [-0.4, -0.2) is 25.8 Å². The van der Waals surface area contributed by atoms with Crippen LogP contribution in [0.1, 0.15) is 26.2 Å². The van der Waals surface area contributed by atoms with Gasteiger partial charge in [0.05, 0.1) is 0 Å². The molecule has 7 heavy (non-hydrogen) atoms. The first-order valence-corrected chi connectivity index (χ1v) is 5.37. The normalized spacial score (nSPS) is 10.6. The van der Waals surface area contributed by atoms with Gasteiger partial charge in [-0.2, -0.15) is 0 Å². The summed E-state index contributed by atoms with van der Waals surface area (Å²) in [6.07, 6.45) is 6.28. The number of allylic oxidation sites excluding steroid dienone is 1. The van der Waals surface area contributed by atoms with E-state index in [0.717, 1.165) is 25.8 Å². The van der Waals surface area contributed by atoms with Crippen LogP contribution in [0.4, 0.5) is 0 Å². The zero-order valence-corrected chi connectivity index (χ0v) is 9.34. The monoisotopic (exact) mass is 292 g/mol. The van der Waals surface area contributed by atoms with Crippen LogP contribution in [0.2, 0.25) is 0 Å². The van der Waals surface area contributed by atoms with Gasteiger partial charge in [0.1, 0.15) is 0 Å². The summed E-state index contributed by atoms with van der Waals surface area (Å²) in [5.41, 5.74) is 0. The third-order valence-electron chi connectivity index (χ3n) is 0.860. The van der Waals surface area contributed by atoms with Crippen LogP contribution in [0.5, 0.6) is 0 Å². The van der Waals surface area contributed by atoms with Gasteiger partial charge in [-0.1, -0.05) is 0 Å². The van der Waals surface area contributed by atoms with Gasteiger partial charge in [-0.3, -0.25) is 0 Å². The maximum absolute atomic E-state index is 2.29. The molecule has 2 radical (unpaired) electrons.